The van der Waals surface area contributed by atoms with Crippen LogP contribution >= 0.6 is 22.7 Å². The lowest BCUT2D eigenvalue weighted by Gasteiger charge is -2.20. The van der Waals surface area contributed by atoms with E-state index in [2.05, 4.69) is 9.97 Å². The molecule has 1 amide bonds. The van der Waals surface area contributed by atoms with Gasteiger partial charge in [0.05, 0.1) is 29.3 Å². The molecule has 1 aliphatic carbocycles. The van der Waals surface area contributed by atoms with E-state index in [9.17, 15) is 9.59 Å². The summed E-state index contributed by atoms with van der Waals surface area (Å²) in [6.45, 7) is 5.69. The molecule has 0 aromatic carbocycles. The minimum absolute atomic E-state index is 0.110. The molecule has 0 bridgehead atoms. The summed E-state index contributed by atoms with van der Waals surface area (Å²) < 4.78 is 5.11. The minimum Gasteiger partial charge on any atom is -0.462 e. The molecule has 0 aliphatic heterocycles. The monoisotopic (exact) mass is 427 g/mol. The summed E-state index contributed by atoms with van der Waals surface area (Å²) in [4.78, 5) is 36.9. The molecule has 8 heteroatoms. The zero-order chi connectivity index (χ0) is 20.5. The average Bonchev–Trinajstić information content (AvgIpc) is 3.22. The molecule has 4 rings (SSSR count). The smallest absolute Gasteiger partial charge is 0.350 e. The van der Waals surface area contributed by atoms with E-state index in [1.807, 2.05) is 35.9 Å². The number of thiophene rings is 1. The molecule has 3 aromatic heterocycles. The molecule has 29 heavy (non-hydrogen) atoms. The number of ether oxygens (including phenoxy) is 1. The second-order valence-electron chi connectivity index (χ2n) is 6.88. The maximum atomic E-state index is 13.4. The van der Waals surface area contributed by atoms with Crippen molar-refractivity contribution < 1.29 is 14.3 Å². The standard InChI is InChI=1S/C21H21N3O3S2/c1-4-27-20(26)18-13(3)23-21(29-18)24(15-5-6-15)19(25)16-7-8-17(22-12(16)2)14-9-10-28-11-14/h7-11,15H,4-6H2,1-3H3. The number of rotatable bonds is 6. The maximum absolute atomic E-state index is 13.4. The van der Waals surface area contributed by atoms with E-state index in [1.54, 1.807) is 30.1 Å². The van der Waals surface area contributed by atoms with E-state index in [4.69, 9.17) is 4.74 Å². The first-order valence-corrected chi connectivity index (χ1v) is 11.2. The number of hydrogen-bond donors (Lipinski definition) is 0. The molecular formula is C21H21N3O3S2. The van der Waals surface area contributed by atoms with E-state index >= 15 is 0 Å². The van der Waals surface area contributed by atoms with Crippen molar-refractivity contribution in [2.24, 2.45) is 0 Å². The molecule has 0 unspecified atom stereocenters. The number of aromatic nitrogens is 2. The highest BCUT2D eigenvalue weighted by atomic mass is 32.1. The Balaban J connectivity index is 1.66. The quantitative estimate of drug-likeness (QED) is 0.525. The van der Waals surface area contributed by atoms with Crippen molar-refractivity contribution in [2.45, 2.75) is 39.7 Å². The third-order valence-corrected chi connectivity index (χ3v) is 6.54. The Kier molecular flexibility index (Phi) is 5.47. The Bertz CT molecular complexity index is 1060. The van der Waals surface area contributed by atoms with Gasteiger partial charge in [0.2, 0.25) is 0 Å². The third-order valence-electron chi connectivity index (χ3n) is 4.72. The van der Waals surface area contributed by atoms with Gasteiger partial charge in [0.1, 0.15) is 4.88 Å². The summed E-state index contributed by atoms with van der Waals surface area (Å²) in [6.07, 6.45) is 1.86. The molecule has 1 fully saturated rings. The second kappa shape index (κ2) is 8.04. The zero-order valence-corrected chi connectivity index (χ0v) is 18.1. The van der Waals surface area contributed by atoms with Crippen molar-refractivity contribution in [2.75, 3.05) is 11.5 Å². The Morgan fingerprint density at radius 1 is 1.17 bits per heavy atom. The van der Waals surface area contributed by atoms with Gasteiger partial charge in [-0.1, -0.05) is 11.3 Å². The van der Waals surface area contributed by atoms with E-state index in [0.717, 1.165) is 24.1 Å². The highest BCUT2D eigenvalue weighted by molar-refractivity contribution is 7.17. The van der Waals surface area contributed by atoms with Gasteiger partial charge in [-0.3, -0.25) is 14.7 Å². The van der Waals surface area contributed by atoms with Crippen molar-refractivity contribution in [3.63, 3.8) is 0 Å². The number of pyridine rings is 1. The van der Waals surface area contributed by atoms with Crippen LogP contribution in [0.3, 0.4) is 0 Å². The van der Waals surface area contributed by atoms with Gasteiger partial charge in [0, 0.05) is 17.0 Å². The number of carbonyl (C=O) groups excluding carboxylic acids is 2. The highest BCUT2D eigenvalue weighted by Gasteiger charge is 2.37. The van der Waals surface area contributed by atoms with Crippen LogP contribution in [0, 0.1) is 13.8 Å². The number of thiazole rings is 1. The maximum Gasteiger partial charge on any atom is 0.350 e. The molecule has 6 nitrogen and oxygen atoms in total. The molecule has 0 atom stereocenters. The zero-order valence-electron chi connectivity index (χ0n) is 16.5. The number of esters is 1. The van der Waals surface area contributed by atoms with Crippen LogP contribution in [0.2, 0.25) is 0 Å². The summed E-state index contributed by atoms with van der Waals surface area (Å²) in [5.74, 6) is -0.520. The van der Waals surface area contributed by atoms with Crippen LogP contribution in [0.1, 0.15) is 51.2 Å². The van der Waals surface area contributed by atoms with Gasteiger partial charge in [0.15, 0.2) is 5.13 Å². The van der Waals surface area contributed by atoms with E-state index in [0.29, 0.717) is 33.6 Å². The molecular weight excluding hydrogens is 406 g/mol. The van der Waals surface area contributed by atoms with Crippen LogP contribution in [-0.2, 0) is 4.74 Å². The highest BCUT2D eigenvalue weighted by Crippen LogP contribution is 2.37. The summed E-state index contributed by atoms with van der Waals surface area (Å²) in [6, 6.07) is 5.84. The fourth-order valence-corrected chi connectivity index (χ4v) is 4.78. The van der Waals surface area contributed by atoms with Gasteiger partial charge in [-0.05, 0) is 57.2 Å². The number of aryl methyl sites for hydroxylation is 2. The minimum atomic E-state index is -0.394. The summed E-state index contributed by atoms with van der Waals surface area (Å²) in [5.41, 5.74) is 3.73. The Hall–Kier alpha value is -2.58. The van der Waals surface area contributed by atoms with Gasteiger partial charge < -0.3 is 4.74 Å². The molecule has 0 N–H and O–H groups in total. The van der Waals surface area contributed by atoms with Crippen LogP contribution in [0.25, 0.3) is 11.3 Å². The first kappa shape index (κ1) is 19.7. The first-order valence-electron chi connectivity index (χ1n) is 9.48. The first-order chi connectivity index (χ1) is 14.0. The Morgan fingerprint density at radius 2 is 1.97 bits per heavy atom. The van der Waals surface area contributed by atoms with Crippen molar-refractivity contribution >= 4 is 39.7 Å². The van der Waals surface area contributed by atoms with Crippen molar-refractivity contribution in [3.05, 3.63) is 50.8 Å². The number of nitrogens with zero attached hydrogens (tertiary/aromatic N) is 3. The number of hydrogen-bond acceptors (Lipinski definition) is 7. The molecule has 3 heterocycles. The lowest BCUT2D eigenvalue weighted by molar-refractivity contribution is 0.0531. The van der Waals surface area contributed by atoms with Crippen molar-refractivity contribution in [3.8, 4) is 11.3 Å². The molecule has 150 valence electrons. The van der Waals surface area contributed by atoms with Crippen LogP contribution in [-0.4, -0.2) is 34.5 Å². The van der Waals surface area contributed by atoms with E-state index in [-0.39, 0.29) is 11.9 Å². The predicted octanol–water partition coefficient (Wildman–Crippen LogP) is 4.87. The molecule has 0 spiro atoms. The van der Waals surface area contributed by atoms with Gasteiger partial charge in [-0.15, -0.1) is 0 Å². The van der Waals surface area contributed by atoms with Crippen LogP contribution in [0.4, 0.5) is 5.13 Å². The fourth-order valence-electron chi connectivity index (χ4n) is 3.10. The van der Waals surface area contributed by atoms with Gasteiger partial charge in [-0.25, -0.2) is 9.78 Å². The van der Waals surface area contributed by atoms with Crippen LogP contribution in [0.15, 0.2) is 29.0 Å². The Labute approximate surface area is 177 Å². The number of amides is 1. The topological polar surface area (TPSA) is 72.4 Å². The average molecular weight is 428 g/mol. The SMILES string of the molecule is CCOC(=O)c1sc(N(C(=O)c2ccc(-c3ccsc3)nc2C)C2CC2)nc1C. The van der Waals surface area contributed by atoms with Crippen molar-refractivity contribution in [1.29, 1.82) is 0 Å². The molecule has 0 saturated heterocycles. The lowest BCUT2D eigenvalue weighted by Crippen LogP contribution is -2.33. The fraction of sp³-hybridized carbons (Fsp3) is 0.333. The molecule has 1 saturated carbocycles. The molecule has 3 aromatic rings. The van der Waals surface area contributed by atoms with Gasteiger partial charge in [0.25, 0.3) is 5.91 Å². The number of anilines is 1. The normalized spacial score (nSPS) is 13.3. The third kappa shape index (κ3) is 3.95. The van der Waals surface area contributed by atoms with Gasteiger partial charge >= 0.3 is 5.97 Å². The lowest BCUT2D eigenvalue weighted by atomic mass is 10.1. The summed E-state index contributed by atoms with van der Waals surface area (Å²) in [7, 11) is 0. The summed E-state index contributed by atoms with van der Waals surface area (Å²) in [5, 5.41) is 4.58. The van der Waals surface area contributed by atoms with Crippen LogP contribution < -0.4 is 4.90 Å². The predicted molar refractivity (Wildman–Crippen MR) is 115 cm³/mol. The molecule has 0 radical (unpaired) electrons. The summed E-state index contributed by atoms with van der Waals surface area (Å²) >= 11 is 2.83. The van der Waals surface area contributed by atoms with E-state index in [1.165, 1.54) is 11.3 Å². The second-order valence-corrected chi connectivity index (χ2v) is 8.64. The largest absolute Gasteiger partial charge is 0.462 e. The van der Waals surface area contributed by atoms with E-state index < -0.39 is 5.97 Å². The Morgan fingerprint density at radius 3 is 2.59 bits per heavy atom. The number of carbonyl (C=O) groups is 2. The van der Waals surface area contributed by atoms with Crippen molar-refractivity contribution in [1.82, 2.24) is 9.97 Å². The van der Waals surface area contributed by atoms with Gasteiger partial charge in [-0.2, -0.15) is 11.3 Å². The molecule has 1 aliphatic rings. The van der Waals surface area contributed by atoms with Crippen LogP contribution in [0.5, 0.6) is 0 Å².